The third-order valence-electron chi connectivity index (χ3n) is 2.81. The lowest BCUT2D eigenvalue weighted by atomic mass is 10.2. The van der Waals surface area contributed by atoms with Crippen LogP contribution in [0.25, 0.3) is 0 Å². The molecule has 1 aromatic rings. The van der Waals surface area contributed by atoms with Gasteiger partial charge in [-0.1, -0.05) is 11.6 Å². The highest BCUT2D eigenvalue weighted by atomic mass is 35.5. The van der Waals surface area contributed by atoms with Crippen molar-refractivity contribution in [3.63, 3.8) is 0 Å². The zero-order valence-corrected chi connectivity index (χ0v) is 8.78. The molecule has 15 heavy (non-hydrogen) atoms. The second kappa shape index (κ2) is 3.21. The van der Waals surface area contributed by atoms with E-state index < -0.39 is 0 Å². The van der Waals surface area contributed by atoms with E-state index in [1.54, 1.807) is 10.6 Å². The molecule has 2 aliphatic rings. The van der Waals surface area contributed by atoms with Gasteiger partial charge in [0.2, 0.25) is 0 Å². The second-order valence-electron chi connectivity index (χ2n) is 3.77. The molecule has 0 aliphatic carbocycles. The van der Waals surface area contributed by atoms with E-state index in [1.807, 2.05) is 0 Å². The Morgan fingerprint density at radius 1 is 1.53 bits per heavy atom. The molecule has 0 unspecified atom stereocenters. The lowest BCUT2D eigenvalue weighted by molar-refractivity contribution is 0.0197. The summed E-state index contributed by atoms with van der Waals surface area (Å²) in [5.41, 5.74) is -0.294. The Bertz CT molecular complexity index is 459. The summed E-state index contributed by atoms with van der Waals surface area (Å²) in [6, 6.07) is 1.74. The summed E-state index contributed by atoms with van der Waals surface area (Å²) in [7, 11) is 0. The molecule has 80 valence electrons. The van der Waals surface area contributed by atoms with Crippen LogP contribution in [0, 0.1) is 0 Å². The van der Waals surface area contributed by atoms with Crippen LogP contribution in [-0.4, -0.2) is 35.4 Å². The molecule has 3 rings (SSSR count). The van der Waals surface area contributed by atoms with Gasteiger partial charge in [-0.25, -0.2) is 4.79 Å². The van der Waals surface area contributed by atoms with Gasteiger partial charge in [-0.2, -0.15) is 4.98 Å². The summed E-state index contributed by atoms with van der Waals surface area (Å²) in [6.45, 7) is 2.92. The van der Waals surface area contributed by atoms with Crippen molar-refractivity contribution in [1.29, 1.82) is 0 Å². The number of anilines is 1. The molecule has 1 atom stereocenters. The van der Waals surface area contributed by atoms with E-state index in [-0.39, 0.29) is 16.9 Å². The van der Waals surface area contributed by atoms with Crippen molar-refractivity contribution >= 4 is 17.4 Å². The van der Waals surface area contributed by atoms with Crippen molar-refractivity contribution in [3.8, 4) is 0 Å². The number of hydrogen-bond acceptors (Lipinski definition) is 4. The smallest absolute Gasteiger partial charge is 0.350 e. The number of aromatic nitrogens is 2. The van der Waals surface area contributed by atoms with Crippen molar-refractivity contribution in [3.05, 3.63) is 21.7 Å². The monoisotopic (exact) mass is 227 g/mol. The maximum Gasteiger partial charge on any atom is 0.350 e. The molecule has 0 spiro atoms. The van der Waals surface area contributed by atoms with Crippen LogP contribution in [0.4, 0.5) is 5.82 Å². The van der Waals surface area contributed by atoms with Gasteiger partial charge < -0.3 is 9.64 Å². The number of hydrogen-bond donors (Lipinski definition) is 0. The summed E-state index contributed by atoms with van der Waals surface area (Å²) in [4.78, 5) is 17.4. The summed E-state index contributed by atoms with van der Waals surface area (Å²) < 4.78 is 7.15. The SMILES string of the molecule is O=c1nc(Cl)cc2n1C[C@@H]1CN2CCO1. The van der Waals surface area contributed by atoms with Gasteiger partial charge in [0.25, 0.3) is 0 Å². The first kappa shape index (κ1) is 9.18. The molecule has 6 heteroatoms. The molecule has 0 saturated carbocycles. The minimum Gasteiger partial charge on any atom is -0.373 e. The number of halogens is 1. The Hall–Kier alpha value is -1.07. The van der Waals surface area contributed by atoms with Gasteiger partial charge >= 0.3 is 5.69 Å². The van der Waals surface area contributed by atoms with E-state index in [0.29, 0.717) is 13.2 Å². The number of rotatable bonds is 0. The Balaban J connectivity index is 2.17. The van der Waals surface area contributed by atoms with Crippen LogP contribution < -0.4 is 10.6 Å². The van der Waals surface area contributed by atoms with E-state index in [1.165, 1.54) is 0 Å². The van der Waals surface area contributed by atoms with Gasteiger partial charge in [-0.05, 0) is 0 Å². The van der Waals surface area contributed by atoms with Crippen LogP contribution in [0.3, 0.4) is 0 Å². The van der Waals surface area contributed by atoms with Crippen molar-refractivity contribution in [1.82, 2.24) is 9.55 Å². The number of ether oxygens (including phenoxy) is 1. The highest BCUT2D eigenvalue weighted by Crippen LogP contribution is 2.24. The summed E-state index contributed by atoms with van der Waals surface area (Å²) in [6.07, 6.45) is 0.104. The molecule has 0 radical (unpaired) electrons. The minimum absolute atomic E-state index is 0.104. The Labute approximate surface area is 91.2 Å². The summed E-state index contributed by atoms with van der Waals surface area (Å²) >= 11 is 5.78. The molecule has 0 N–H and O–H groups in total. The average Bonchev–Trinajstić information content (AvgIpc) is 2.21. The largest absolute Gasteiger partial charge is 0.373 e. The van der Waals surface area contributed by atoms with E-state index in [2.05, 4.69) is 9.88 Å². The number of fused-ring (bicyclic) bond motifs is 4. The van der Waals surface area contributed by atoms with Crippen molar-refractivity contribution in [2.24, 2.45) is 0 Å². The fourth-order valence-corrected chi connectivity index (χ4v) is 2.31. The van der Waals surface area contributed by atoms with Gasteiger partial charge in [-0.15, -0.1) is 0 Å². The van der Waals surface area contributed by atoms with E-state index in [0.717, 1.165) is 18.9 Å². The van der Waals surface area contributed by atoms with E-state index in [9.17, 15) is 4.79 Å². The number of morpholine rings is 1. The maximum atomic E-state index is 11.6. The maximum absolute atomic E-state index is 11.6. The van der Waals surface area contributed by atoms with E-state index in [4.69, 9.17) is 16.3 Å². The zero-order valence-electron chi connectivity index (χ0n) is 8.02. The fraction of sp³-hybridized carbons (Fsp3) is 0.556. The molecular formula is C9H10ClN3O2. The first-order valence-corrected chi connectivity index (χ1v) is 5.26. The Kier molecular flexibility index (Phi) is 1.97. The molecule has 2 bridgehead atoms. The third kappa shape index (κ3) is 1.42. The predicted molar refractivity (Wildman–Crippen MR) is 55.5 cm³/mol. The van der Waals surface area contributed by atoms with Crippen molar-refractivity contribution in [2.75, 3.05) is 24.6 Å². The normalized spacial score (nSPS) is 23.8. The van der Waals surface area contributed by atoms with Crippen molar-refractivity contribution < 1.29 is 4.74 Å². The molecule has 0 amide bonds. The molecule has 1 aromatic heterocycles. The van der Waals surface area contributed by atoms with E-state index >= 15 is 0 Å². The zero-order chi connectivity index (χ0) is 10.4. The molecular weight excluding hydrogens is 218 g/mol. The van der Waals surface area contributed by atoms with Gasteiger partial charge in [0.1, 0.15) is 11.0 Å². The fourth-order valence-electron chi connectivity index (χ4n) is 2.14. The third-order valence-corrected chi connectivity index (χ3v) is 3.00. The number of nitrogens with zero attached hydrogens (tertiary/aromatic N) is 3. The second-order valence-corrected chi connectivity index (χ2v) is 4.16. The summed E-state index contributed by atoms with van der Waals surface area (Å²) in [5.74, 6) is 0.861. The average molecular weight is 228 g/mol. The topological polar surface area (TPSA) is 47.4 Å². The van der Waals surface area contributed by atoms with Crippen LogP contribution in [0.5, 0.6) is 0 Å². The van der Waals surface area contributed by atoms with Crippen LogP contribution in [-0.2, 0) is 11.3 Å². The highest BCUT2D eigenvalue weighted by Gasteiger charge is 2.29. The van der Waals surface area contributed by atoms with Gasteiger partial charge in [-0.3, -0.25) is 4.57 Å². The minimum atomic E-state index is -0.294. The van der Waals surface area contributed by atoms with Crippen LogP contribution >= 0.6 is 11.6 Å². The predicted octanol–water partition coefficient (Wildman–Crippen LogP) is 0.115. The van der Waals surface area contributed by atoms with Gasteiger partial charge in [0.15, 0.2) is 0 Å². The first-order chi connectivity index (χ1) is 7.24. The lowest BCUT2D eigenvalue weighted by Crippen LogP contribution is -2.52. The van der Waals surface area contributed by atoms with Crippen LogP contribution in [0.2, 0.25) is 5.15 Å². The molecule has 1 fully saturated rings. The highest BCUT2D eigenvalue weighted by molar-refractivity contribution is 6.29. The standard InChI is InChI=1S/C9H10ClN3O2/c10-7-3-8-12-1-2-15-6(4-12)5-13(8)9(14)11-7/h3,6H,1-2,4-5H2/t6-/m0/s1. The molecule has 5 nitrogen and oxygen atoms in total. The Morgan fingerprint density at radius 3 is 3.27 bits per heavy atom. The molecule has 2 aliphatic heterocycles. The van der Waals surface area contributed by atoms with Crippen LogP contribution in [0.15, 0.2) is 10.9 Å². The quantitative estimate of drug-likeness (QED) is 0.591. The molecule has 0 aromatic carbocycles. The lowest BCUT2D eigenvalue weighted by Gasteiger charge is -2.40. The molecule has 3 heterocycles. The summed E-state index contributed by atoms with van der Waals surface area (Å²) in [5, 5.41) is 0.260. The van der Waals surface area contributed by atoms with Gasteiger partial charge in [0, 0.05) is 19.2 Å². The Morgan fingerprint density at radius 2 is 2.40 bits per heavy atom. The first-order valence-electron chi connectivity index (χ1n) is 4.88. The van der Waals surface area contributed by atoms with Gasteiger partial charge in [0.05, 0.1) is 19.3 Å². The van der Waals surface area contributed by atoms with Crippen molar-refractivity contribution in [2.45, 2.75) is 12.6 Å². The molecule has 1 saturated heterocycles. The van der Waals surface area contributed by atoms with Crippen LogP contribution in [0.1, 0.15) is 0 Å².